The number of ether oxygens (including phenoxy) is 1. The van der Waals surface area contributed by atoms with E-state index >= 15 is 0 Å². The maximum absolute atomic E-state index is 12.1. The first-order valence-corrected chi connectivity index (χ1v) is 8.25. The lowest BCUT2D eigenvalue weighted by Gasteiger charge is -2.16. The maximum atomic E-state index is 12.1. The summed E-state index contributed by atoms with van der Waals surface area (Å²) in [5.74, 6) is -2.03. The number of hydrogen-bond donors (Lipinski definition) is 2. The molecule has 27 heavy (non-hydrogen) atoms. The van der Waals surface area contributed by atoms with Crippen LogP contribution in [-0.4, -0.2) is 36.8 Å². The number of esters is 1. The van der Waals surface area contributed by atoms with Crippen LogP contribution in [0.3, 0.4) is 0 Å². The first-order valence-electron chi connectivity index (χ1n) is 8.25. The minimum Gasteiger partial charge on any atom is -0.459 e. The quantitative estimate of drug-likeness (QED) is 0.599. The van der Waals surface area contributed by atoms with Gasteiger partial charge in [-0.25, -0.2) is 4.79 Å². The maximum Gasteiger partial charge on any atom is 0.338 e. The molecule has 9 heteroatoms. The molecule has 1 aromatic heterocycles. The van der Waals surface area contributed by atoms with Crippen LogP contribution >= 0.6 is 0 Å². The summed E-state index contributed by atoms with van der Waals surface area (Å²) < 4.78 is 9.80. The van der Waals surface area contributed by atoms with E-state index in [1.165, 1.54) is 24.5 Å². The lowest BCUT2D eigenvalue weighted by atomic mass is 10.2. The van der Waals surface area contributed by atoms with Crippen LogP contribution in [0, 0.1) is 0 Å². The zero-order chi connectivity index (χ0) is 19.2. The number of carbonyl (C=O) groups excluding carboxylic acids is 4. The van der Waals surface area contributed by atoms with Gasteiger partial charge in [0.2, 0.25) is 5.91 Å². The molecule has 0 saturated carbocycles. The monoisotopic (exact) mass is 371 g/mol. The Morgan fingerprint density at radius 2 is 2.00 bits per heavy atom. The van der Waals surface area contributed by atoms with E-state index < -0.39 is 24.4 Å². The molecule has 3 amide bonds. The molecule has 1 fully saturated rings. The summed E-state index contributed by atoms with van der Waals surface area (Å²) in [6.07, 6.45) is 2.58. The number of nitrogens with one attached hydrogen (secondary N) is 2. The predicted molar refractivity (Wildman–Crippen MR) is 92.6 cm³/mol. The van der Waals surface area contributed by atoms with Gasteiger partial charge in [0.25, 0.3) is 5.91 Å². The van der Waals surface area contributed by atoms with E-state index in [1.807, 2.05) is 0 Å². The van der Waals surface area contributed by atoms with Crippen molar-refractivity contribution in [2.45, 2.75) is 12.8 Å². The van der Waals surface area contributed by atoms with Crippen LogP contribution < -0.4 is 15.8 Å². The van der Waals surface area contributed by atoms with E-state index in [4.69, 9.17) is 9.15 Å². The molecule has 1 aliphatic heterocycles. The average Bonchev–Trinajstić information content (AvgIpc) is 3.36. The number of nitrogens with zero attached hydrogens (tertiary/aromatic N) is 1. The summed E-state index contributed by atoms with van der Waals surface area (Å²) in [6.45, 7) is 0.0270. The number of carbonyl (C=O) groups is 4. The van der Waals surface area contributed by atoms with Crippen LogP contribution in [0.2, 0.25) is 0 Å². The first kappa shape index (κ1) is 18.2. The van der Waals surface area contributed by atoms with Gasteiger partial charge in [-0.2, -0.15) is 0 Å². The van der Waals surface area contributed by atoms with Gasteiger partial charge in [-0.05, 0) is 36.8 Å². The second kappa shape index (κ2) is 8.17. The van der Waals surface area contributed by atoms with Crippen LogP contribution in [-0.2, 0) is 14.3 Å². The zero-order valence-corrected chi connectivity index (χ0v) is 14.3. The van der Waals surface area contributed by atoms with Crippen LogP contribution in [0.1, 0.15) is 33.8 Å². The van der Waals surface area contributed by atoms with Gasteiger partial charge in [0.1, 0.15) is 0 Å². The first-order chi connectivity index (χ1) is 13.0. The highest BCUT2D eigenvalue weighted by atomic mass is 16.5. The highest BCUT2D eigenvalue weighted by Crippen LogP contribution is 2.22. The van der Waals surface area contributed by atoms with Crippen LogP contribution in [0.5, 0.6) is 0 Å². The van der Waals surface area contributed by atoms with Gasteiger partial charge < -0.3 is 14.1 Å². The molecule has 2 heterocycles. The van der Waals surface area contributed by atoms with Crippen molar-refractivity contribution in [1.82, 2.24) is 10.9 Å². The summed E-state index contributed by atoms with van der Waals surface area (Å²) in [5, 5.41) is 0. The van der Waals surface area contributed by atoms with Crippen LogP contribution in [0.4, 0.5) is 5.69 Å². The fraction of sp³-hybridized carbons (Fsp3) is 0.222. The van der Waals surface area contributed by atoms with E-state index in [0.29, 0.717) is 18.7 Å². The Bertz CT molecular complexity index is 862. The second-order valence-corrected chi connectivity index (χ2v) is 5.75. The molecule has 0 atom stereocenters. The molecule has 0 unspecified atom stereocenters. The van der Waals surface area contributed by atoms with E-state index in [9.17, 15) is 19.2 Å². The van der Waals surface area contributed by atoms with E-state index in [0.717, 1.165) is 6.42 Å². The van der Waals surface area contributed by atoms with Gasteiger partial charge in [0.05, 0.1) is 11.8 Å². The number of anilines is 1. The highest BCUT2D eigenvalue weighted by molar-refractivity contribution is 5.98. The number of amides is 3. The smallest absolute Gasteiger partial charge is 0.338 e. The van der Waals surface area contributed by atoms with Gasteiger partial charge in [0.15, 0.2) is 12.4 Å². The van der Waals surface area contributed by atoms with Crippen LogP contribution in [0.25, 0.3) is 0 Å². The summed E-state index contributed by atoms with van der Waals surface area (Å²) >= 11 is 0. The molecular formula is C18H17N3O6. The molecule has 2 aromatic rings. The number of rotatable bonds is 5. The highest BCUT2D eigenvalue weighted by Gasteiger charge is 2.22. The Labute approximate surface area is 154 Å². The van der Waals surface area contributed by atoms with E-state index in [-0.39, 0.29) is 17.2 Å². The SMILES string of the molecule is O=C(COC(=O)c1cccc(N2CCCC2=O)c1)NNC(=O)c1ccco1. The van der Waals surface area contributed by atoms with Crippen molar-refractivity contribution < 1.29 is 28.3 Å². The lowest BCUT2D eigenvalue weighted by molar-refractivity contribution is -0.125. The molecule has 0 bridgehead atoms. The molecule has 0 radical (unpaired) electrons. The topological polar surface area (TPSA) is 118 Å². The van der Waals surface area contributed by atoms with Crippen molar-refractivity contribution in [3.05, 3.63) is 54.0 Å². The molecule has 1 saturated heterocycles. The standard InChI is InChI=1S/C18H17N3O6/c22-15(19-20-17(24)14-6-3-9-26-14)11-27-18(25)12-4-1-5-13(10-12)21-8-2-7-16(21)23/h1,3-6,9-10H,2,7-8,11H2,(H,19,22)(H,20,24). The van der Waals surface area contributed by atoms with E-state index in [2.05, 4.69) is 10.9 Å². The normalized spacial score (nSPS) is 13.3. The Morgan fingerprint density at radius 1 is 1.15 bits per heavy atom. The molecule has 1 aromatic carbocycles. The number of furan rings is 1. The molecule has 3 rings (SSSR count). The Morgan fingerprint density at radius 3 is 2.70 bits per heavy atom. The summed E-state index contributed by atoms with van der Waals surface area (Å²) in [6, 6.07) is 9.41. The third kappa shape index (κ3) is 4.51. The third-order valence-corrected chi connectivity index (χ3v) is 3.86. The second-order valence-electron chi connectivity index (χ2n) is 5.75. The zero-order valence-electron chi connectivity index (χ0n) is 14.3. The molecular weight excluding hydrogens is 354 g/mol. The molecule has 2 N–H and O–H groups in total. The summed E-state index contributed by atoms with van der Waals surface area (Å²) in [7, 11) is 0. The Hall–Kier alpha value is -3.62. The van der Waals surface area contributed by atoms with Crippen molar-refractivity contribution in [2.24, 2.45) is 0 Å². The van der Waals surface area contributed by atoms with Gasteiger partial charge >= 0.3 is 11.9 Å². The minimum atomic E-state index is -0.714. The number of hydrogen-bond acceptors (Lipinski definition) is 6. The molecule has 0 spiro atoms. The van der Waals surface area contributed by atoms with Gasteiger partial charge in [-0.3, -0.25) is 25.2 Å². The Balaban J connectivity index is 1.49. The van der Waals surface area contributed by atoms with Gasteiger partial charge in [-0.1, -0.05) is 6.07 Å². The summed E-state index contributed by atoms with van der Waals surface area (Å²) in [4.78, 5) is 48.8. The van der Waals surface area contributed by atoms with Crippen molar-refractivity contribution in [3.63, 3.8) is 0 Å². The molecule has 140 valence electrons. The number of hydrazine groups is 1. The average molecular weight is 371 g/mol. The van der Waals surface area contributed by atoms with Gasteiger partial charge in [0, 0.05) is 18.7 Å². The summed E-state index contributed by atoms with van der Waals surface area (Å²) in [5.41, 5.74) is 5.08. The predicted octanol–water partition coefficient (Wildman–Crippen LogP) is 1.02. The molecule has 9 nitrogen and oxygen atoms in total. The van der Waals surface area contributed by atoms with Crippen molar-refractivity contribution >= 4 is 29.4 Å². The van der Waals surface area contributed by atoms with E-state index in [1.54, 1.807) is 23.1 Å². The molecule has 0 aliphatic carbocycles. The number of benzene rings is 1. The van der Waals surface area contributed by atoms with Crippen LogP contribution in [0.15, 0.2) is 47.1 Å². The van der Waals surface area contributed by atoms with Gasteiger partial charge in [-0.15, -0.1) is 0 Å². The largest absolute Gasteiger partial charge is 0.459 e. The van der Waals surface area contributed by atoms with Crippen molar-refractivity contribution in [1.29, 1.82) is 0 Å². The van der Waals surface area contributed by atoms with Crippen molar-refractivity contribution in [2.75, 3.05) is 18.1 Å². The Kier molecular flexibility index (Phi) is 5.50. The minimum absolute atomic E-state index is 0.00666. The molecule has 1 aliphatic rings. The fourth-order valence-corrected chi connectivity index (χ4v) is 2.57. The third-order valence-electron chi connectivity index (χ3n) is 3.86. The fourth-order valence-electron chi connectivity index (χ4n) is 2.57. The van der Waals surface area contributed by atoms with Crippen molar-refractivity contribution in [3.8, 4) is 0 Å². The lowest BCUT2D eigenvalue weighted by Crippen LogP contribution is -2.43.